The molecule has 3 aliphatic carbocycles. The van der Waals surface area contributed by atoms with Gasteiger partial charge in [-0.15, -0.1) is 0 Å². The van der Waals surface area contributed by atoms with E-state index in [-0.39, 0.29) is 16.8 Å². The largest absolute Gasteiger partial charge is 0.511 e. The predicted octanol–water partition coefficient (Wildman–Crippen LogP) is 1.88. The van der Waals surface area contributed by atoms with Crippen molar-refractivity contribution in [2.45, 2.75) is 51.4 Å². The third-order valence-corrected chi connectivity index (χ3v) is 7.63. The zero-order valence-electron chi connectivity index (χ0n) is 22.5. The molecule has 3 aliphatic rings. The Hall–Kier alpha value is -3.90. The fraction of sp³-hybridized carbons (Fsp3) is 0.481. The molecule has 0 aromatic heterocycles. The van der Waals surface area contributed by atoms with Crippen LogP contribution < -0.4 is 11.1 Å². The number of ether oxygens (including phenoxy) is 1. The number of allylic oxidation sites excluding steroid dienone is 1. The fourth-order valence-electron chi connectivity index (χ4n) is 6.13. The summed E-state index contributed by atoms with van der Waals surface area (Å²) in [5.74, 6) is -9.21. The molecule has 0 saturated carbocycles. The number of anilines is 1. The number of hydrogen-bond donors (Lipinski definition) is 6. The highest BCUT2D eigenvalue weighted by Crippen LogP contribution is 2.54. The summed E-state index contributed by atoms with van der Waals surface area (Å²) in [6.45, 7) is 6.67. The molecule has 0 bridgehead atoms. The van der Waals surface area contributed by atoms with Crippen LogP contribution in [0.25, 0.3) is 0 Å². The lowest BCUT2D eigenvalue weighted by Crippen LogP contribution is -2.59. The number of nitrogens with zero attached hydrogens (tertiary/aromatic N) is 1. The van der Waals surface area contributed by atoms with Gasteiger partial charge in [-0.25, -0.2) is 4.79 Å². The standard InChI is InChI=1S/C27H33N3O9/c1-9-10-7-8-11(29-26(38)39-27(2,3)4)19(31)13(10)21(33)15-12(9)20(32)14-16(22(15)34)23(35)17(25(28)37)24(36)18(14)30(5)6/h7-9,12,14,16,18,20,31-32,34,36H,1-6H3,(H2,28,37)(H,29,38)/t9-,12?,14?,16?,18-,20-/m0/s1. The van der Waals surface area contributed by atoms with Gasteiger partial charge in [0.05, 0.1) is 29.3 Å². The van der Waals surface area contributed by atoms with Crippen LogP contribution in [-0.4, -0.2) is 80.7 Å². The van der Waals surface area contributed by atoms with E-state index in [1.807, 2.05) is 0 Å². The lowest BCUT2D eigenvalue weighted by atomic mass is 9.57. The lowest BCUT2D eigenvalue weighted by Gasteiger charge is -2.50. The predicted molar refractivity (Wildman–Crippen MR) is 138 cm³/mol. The maximum atomic E-state index is 13.8. The van der Waals surface area contributed by atoms with Gasteiger partial charge in [0, 0.05) is 17.4 Å². The molecule has 4 rings (SSSR count). The van der Waals surface area contributed by atoms with E-state index in [0.29, 0.717) is 5.56 Å². The third-order valence-electron chi connectivity index (χ3n) is 7.63. The summed E-state index contributed by atoms with van der Waals surface area (Å²) in [5.41, 5.74) is 3.59. The molecular formula is C27H33N3O9. The summed E-state index contributed by atoms with van der Waals surface area (Å²) in [6, 6.07) is 1.86. The molecule has 1 aromatic carbocycles. The number of benzene rings is 1. The van der Waals surface area contributed by atoms with Crippen LogP contribution in [0.4, 0.5) is 10.5 Å². The fourth-order valence-corrected chi connectivity index (χ4v) is 6.13. The number of hydrogen-bond acceptors (Lipinski definition) is 10. The topological polar surface area (TPSA) is 200 Å². The van der Waals surface area contributed by atoms with E-state index in [9.17, 15) is 39.6 Å². The Morgan fingerprint density at radius 3 is 2.23 bits per heavy atom. The number of carbonyl (C=O) groups is 4. The van der Waals surface area contributed by atoms with Crippen LogP contribution in [0.1, 0.15) is 49.5 Å². The Kier molecular flexibility index (Phi) is 6.76. The zero-order chi connectivity index (χ0) is 29.3. The first-order valence-corrected chi connectivity index (χ1v) is 12.4. The van der Waals surface area contributed by atoms with Crippen LogP contribution in [0.3, 0.4) is 0 Å². The van der Waals surface area contributed by atoms with E-state index in [1.165, 1.54) is 17.0 Å². The second-order valence-electron chi connectivity index (χ2n) is 11.4. The summed E-state index contributed by atoms with van der Waals surface area (Å²) in [4.78, 5) is 53.0. The van der Waals surface area contributed by atoms with Crippen molar-refractivity contribution in [3.8, 4) is 5.75 Å². The number of likely N-dealkylation sites (N-methyl/N-ethyl adjacent to an activating group) is 1. The van der Waals surface area contributed by atoms with Gasteiger partial charge in [-0.3, -0.25) is 24.6 Å². The second kappa shape index (κ2) is 9.38. The van der Waals surface area contributed by atoms with Gasteiger partial charge in [0.2, 0.25) is 0 Å². The number of phenolic OH excluding ortho intramolecular Hbond substituents is 1. The van der Waals surface area contributed by atoms with Gasteiger partial charge in [-0.2, -0.15) is 0 Å². The van der Waals surface area contributed by atoms with Crippen molar-refractivity contribution in [3.63, 3.8) is 0 Å². The molecule has 210 valence electrons. The normalized spacial score (nSPS) is 28.6. The van der Waals surface area contributed by atoms with Crippen molar-refractivity contribution >= 4 is 29.3 Å². The van der Waals surface area contributed by atoms with Crippen molar-refractivity contribution in [2.24, 2.45) is 23.5 Å². The van der Waals surface area contributed by atoms with Crippen molar-refractivity contribution in [3.05, 3.63) is 45.9 Å². The van der Waals surface area contributed by atoms with E-state index >= 15 is 0 Å². The number of phenols is 1. The molecule has 0 fully saturated rings. The number of carbonyl (C=O) groups excluding carboxylic acids is 4. The number of primary amides is 1. The van der Waals surface area contributed by atoms with Gasteiger partial charge in [0.1, 0.15) is 22.7 Å². The monoisotopic (exact) mass is 543 g/mol. The van der Waals surface area contributed by atoms with Gasteiger partial charge in [-0.05, 0) is 52.4 Å². The molecule has 0 radical (unpaired) electrons. The van der Waals surface area contributed by atoms with Crippen molar-refractivity contribution in [1.29, 1.82) is 0 Å². The molecule has 39 heavy (non-hydrogen) atoms. The number of rotatable bonds is 3. The van der Waals surface area contributed by atoms with E-state index in [1.54, 1.807) is 41.8 Å². The average Bonchev–Trinajstić information content (AvgIpc) is 2.78. The van der Waals surface area contributed by atoms with Gasteiger partial charge < -0.3 is 30.9 Å². The smallest absolute Gasteiger partial charge is 0.412 e. The summed E-state index contributed by atoms with van der Waals surface area (Å²) in [7, 11) is 3.13. The van der Waals surface area contributed by atoms with Crippen molar-refractivity contribution in [2.75, 3.05) is 19.4 Å². The second-order valence-corrected chi connectivity index (χ2v) is 11.4. The van der Waals surface area contributed by atoms with Crippen LogP contribution >= 0.6 is 0 Å². The summed E-state index contributed by atoms with van der Waals surface area (Å²) >= 11 is 0. The number of nitrogens with one attached hydrogen (secondary N) is 1. The summed E-state index contributed by atoms with van der Waals surface area (Å²) in [5, 5.41) is 47.3. The quantitative estimate of drug-likeness (QED) is 0.242. The summed E-state index contributed by atoms with van der Waals surface area (Å²) < 4.78 is 5.21. The highest BCUT2D eigenvalue weighted by atomic mass is 16.6. The van der Waals surface area contributed by atoms with E-state index in [0.717, 1.165) is 0 Å². The molecule has 0 saturated heterocycles. The SMILES string of the molecule is C[C@H]1c2ccc(NC(=O)OC(C)(C)C)c(O)c2C(=O)C2=C(O)C3C(=O)C(C(N)=O)=C(O)[C@@H](N(C)C)C3[C@@H](O)C21. The number of fused-ring (bicyclic) bond motifs is 3. The lowest BCUT2D eigenvalue weighted by molar-refractivity contribution is -0.131. The first-order chi connectivity index (χ1) is 18.0. The number of aromatic hydroxyl groups is 1. The maximum absolute atomic E-state index is 13.8. The van der Waals surface area contributed by atoms with Gasteiger partial charge in [0.25, 0.3) is 5.91 Å². The van der Waals surface area contributed by atoms with Gasteiger partial charge >= 0.3 is 6.09 Å². The van der Waals surface area contributed by atoms with Crippen molar-refractivity contribution in [1.82, 2.24) is 4.90 Å². The molecule has 12 heteroatoms. The Labute approximate surface area is 224 Å². The molecule has 2 amide bonds. The molecule has 6 atom stereocenters. The Bertz CT molecular complexity index is 1350. The van der Waals surface area contributed by atoms with Crippen LogP contribution in [0.15, 0.2) is 34.8 Å². The Balaban J connectivity index is 1.87. The minimum atomic E-state index is -1.54. The van der Waals surface area contributed by atoms with Crippen LogP contribution in [0.5, 0.6) is 5.75 Å². The molecule has 1 aromatic rings. The number of aliphatic hydroxyl groups is 3. The highest BCUT2D eigenvalue weighted by molar-refractivity contribution is 6.22. The Morgan fingerprint density at radius 2 is 1.69 bits per heavy atom. The van der Waals surface area contributed by atoms with E-state index in [4.69, 9.17) is 10.5 Å². The van der Waals surface area contributed by atoms with Crippen LogP contribution in [0.2, 0.25) is 0 Å². The molecule has 12 nitrogen and oxygen atoms in total. The first kappa shape index (κ1) is 28.1. The van der Waals surface area contributed by atoms with E-state index < -0.39 is 87.8 Å². The van der Waals surface area contributed by atoms with Crippen LogP contribution in [-0.2, 0) is 14.3 Å². The highest BCUT2D eigenvalue weighted by Gasteiger charge is 2.59. The minimum absolute atomic E-state index is 0.110. The molecular weight excluding hydrogens is 510 g/mol. The molecule has 7 N–H and O–H groups in total. The zero-order valence-corrected chi connectivity index (χ0v) is 22.5. The number of nitrogens with two attached hydrogens (primary N) is 1. The number of aliphatic hydroxyl groups excluding tert-OH is 3. The third kappa shape index (κ3) is 4.33. The molecule has 0 aliphatic heterocycles. The van der Waals surface area contributed by atoms with Gasteiger partial charge in [-0.1, -0.05) is 13.0 Å². The minimum Gasteiger partial charge on any atom is -0.511 e. The van der Waals surface area contributed by atoms with E-state index in [2.05, 4.69) is 5.32 Å². The first-order valence-electron chi connectivity index (χ1n) is 12.4. The molecule has 3 unspecified atom stereocenters. The number of amides is 2. The molecule has 0 heterocycles. The van der Waals surface area contributed by atoms with Crippen molar-refractivity contribution < 1.29 is 44.3 Å². The summed E-state index contributed by atoms with van der Waals surface area (Å²) in [6.07, 6.45) is -2.28. The maximum Gasteiger partial charge on any atom is 0.412 e. The average molecular weight is 544 g/mol. The van der Waals surface area contributed by atoms with Gasteiger partial charge in [0.15, 0.2) is 17.3 Å². The molecule has 0 spiro atoms. The van der Waals surface area contributed by atoms with Crippen LogP contribution in [0, 0.1) is 17.8 Å². The Morgan fingerprint density at radius 1 is 1.08 bits per heavy atom. The number of ketones is 2. The number of Topliss-reactive ketones (excluding diaryl/α,β-unsaturated/α-hetero) is 2.